The fourth-order valence-electron chi connectivity index (χ4n) is 3.04. The summed E-state index contributed by atoms with van der Waals surface area (Å²) in [6, 6.07) is 23.9. The zero-order chi connectivity index (χ0) is 23.4. The molecule has 6 nitrogen and oxygen atoms in total. The Morgan fingerprint density at radius 3 is 1.85 bits per heavy atom. The number of nitrogens with one attached hydrogen (secondary N) is 2. The summed E-state index contributed by atoms with van der Waals surface area (Å²) in [4.78, 5) is 12.9. The Morgan fingerprint density at radius 2 is 1.27 bits per heavy atom. The molecule has 3 aromatic rings. The number of ketones is 1. The highest BCUT2D eigenvalue weighted by Gasteiger charge is 2.29. The van der Waals surface area contributed by atoms with Crippen LogP contribution in [0.1, 0.15) is 0 Å². The normalized spacial score (nSPS) is 15.4. The Hall–Kier alpha value is -3.39. The molecule has 4 rings (SSSR count). The lowest BCUT2D eigenvalue weighted by molar-refractivity contribution is -0.109. The van der Waals surface area contributed by atoms with Crippen LogP contribution < -0.4 is 10.6 Å². The van der Waals surface area contributed by atoms with E-state index in [1.165, 1.54) is 30.3 Å². The molecule has 0 fully saturated rings. The number of carbonyl (C=O) groups excluding carboxylic acids is 1. The quantitative estimate of drug-likeness (QED) is 0.432. The Labute approximate surface area is 201 Å². The molecule has 1 aliphatic rings. The van der Waals surface area contributed by atoms with E-state index in [0.717, 1.165) is 5.69 Å². The molecule has 3 aromatic carbocycles. The van der Waals surface area contributed by atoms with Gasteiger partial charge in [0.15, 0.2) is 0 Å². The minimum absolute atomic E-state index is 0.0912. The van der Waals surface area contributed by atoms with Crippen molar-refractivity contribution in [2.45, 2.75) is 4.90 Å². The van der Waals surface area contributed by atoms with E-state index in [1.54, 1.807) is 0 Å². The van der Waals surface area contributed by atoms with Crippen LogP contribution in [0.15, 0.2) is 117 Å². The van der Waals surface area contributed by atoms with Gasteiger partial charge in [-0.2, -0.15) is 12.8 Å². The molecule has 2 N–H and O–H groups in total. The smallest absolute Gasteiger partial charge is 0.282 e. The maximum Gasteiger partial charge on any atom is 0.282 e. The third-order valence-electron chi connectivity index (χ3n) is 4.63. The van der Waals surface area contributed by atoms with E-state index in [1.807, 2.05) is 60.7 Å². The summed E-state index contributed by atoms with van der Waals surface area (Å²) in [7, 11) is -4.17. The zero-order valence-corrected chi connectivity index (χ0v) is 19.3. The summed E-state index contributed by atoms with van der Waals surface area (Å²) in [5, 5.41) is 6.50. The number of benzene rings is 3. The number of carbonyl (C=O) groups is 1. The fraction of sp³-hybridized carbons (Fsp3) is 0. The number of hydrogen-bond donors (Lipinski definition) is 2. The van der Waals surface area contributed by atoms with E-state index in [-0.39, 0.29) is 15.6 Å². The molecule has 0 heterocycles. The first-order chi connectivity index (χ1) is 15.8. The third kappa shape index (κ3) is 5.34. The molecule has 0 saturated carbocycles. The summed E-state index contributed by atoms with van der Waals surface area (Å²) in [6.07, 6.45) is 1.36. The molecule has 1 aliphatic carbocycles. The van der Waals surface area contributed by atoms with Crippen molar-refractivity contribution in [2.24, 2.45) is 4.40 Å². The average molecular weight is 498 g/mol. The maximum absolute atomic E-state index is 13.0. The number of hydrogen-bond acceptors (Lipinski definition) is 5. The van der Waals surface area contributed by atoms with Crippen molar-refractivity contribution in [2.75, 3.05) is 10.6 Å². The Morgan fingerprint density at radius 1 is 0.727 bits per heavy atom. The van der Waals surface area contributed by atoms with Gasteiger partial charge in [-0.15, -0.1) is 0 Å². The molecule has 0 aromatic heterocycles. The highest BCUT2D eigenvalue weighted by Crippen LogP contribution is 2.28. The monoisotopic (exact) mass is 497 g/mol. The van der Waals surface area contributed by atoms with Gasteiger partial charge in [-0.05, 0) is 54.6 Å². The molecule has 0 radical (unpaired) electrons. The van der Waals surface area contributed by atoms with Crippen molar-refractivity contribution in [3.8, 4) is 0 Å². The number of allylic oxidation sites excluding steroid dienone is 2. The number of sulfonamides is 1. The van der Waals surface area contributed by atoms with Gasteiger partial charge < -0.3 is 10.6 Å². The van der Waals surface area contributed by atoms with Gasteiger partial charge >= 0.3 is 0 Å². The number of nitrogens with zero attached hydrogens (tertiary/aromatic N) is 1. The molecule has 0 atom stereocenters. The number of Topliss-reactive ketones (excluding diaryl/α,β-unsaturated/α-hetero) is 1. The van der Waals surface area contributed by atoms with E-state index < -0.39 is 15.8 Å². The third-order valence-corrected chi connectivity index (χ3v) is 6.55. The van der Waals surface area contributed by atoms with Crippen molar-refractivity contribution in [3.63, 3.8) is 0 Å². The largest absolute Gasteiger partial charge is 0.354 e. The highest BCUT2D eigenvalue weighted by atomic mass is 35.5. The molecule has 0 saturated heterocycles. The van der Waals surface area contributed by atoms with Gasteiger partial charge in [0.1, 0.15) is 10.7 Å². The van der Waals surface area contributed by atoms with E-state index in [0.29, 0.717) is 22.1 Å². The first-order valence-corrected chi connectivity index (χ1v) is 11.9. The van der Waals surface area contributed by atoms with E-state index in [2.05, 4.69) is 15.0 Å². The molecule has 0 spiro atoms. The molecule has 0 amide bonds. The average Bonchev–Trinajstić information content (AvgIpc) is 2.81. The minimum Gasteiger partial charge on any atom is -0.354 e. The lowest BCUT2D eigenvalue weighted by atomic mass is 10.0. The second kappa shape index (κ2) is 9.62. The minimum atomic E-state index is -4.17. The van der Waals surface area contributed by atoms with Gasteiger partial charge in [0.25, 0.3) is 10.0 Å². The molecule has 166 valence electrons. The predicted octanol–water partition coefficient (Wildman–Crippen LogP) is 5.61. The first-order valence-electron chi connectivity index (χ1n) is 9.75. The van der Waals surface area contributed by atoms with Gasteiger partial charge in [0.2, 0.25) is 5.78 Å². The summed E-state index contributed by atoms with van der Waals surface area (Å²) >= 11 is 12.3. The maximum atomic E-state index is 13.0. The lowest BCUT2D eigenvalue weighted by Gasteiger charge is -2.22. The summed E-state index contributed by atoms with van der Waals surface area (Å²) in [6.45, 7) is 0. The number of halogens is 2. The van der Waals surface area contributed by atoms with Gasteiger partial charge in [-0.25, -0.2) is 0 Å². The van der Waals surface area contributed by atoms with E-state index >= 15 is 0 Å². The molecular weight excluding hydrogens is 481 g/mol. The molecule has 0 aliphatic heterocycles. The van der Waals surface area contributed by atoms with Crippen LogP contribution in [0.2, 0.25) is 5.02 Å². The Balaban J connectivity index is 1.77. The van der Waals surface area contributed by atoms with Crippen molar-refractivity contribution in [1.29, 1.82) is 0 Å². The summed E-state index contributed by atoms with van der Waals surface area (Å²) in [5.74, 6) is -0.716. The topological polar surface area (TPSA) is 87.6 Å². The van der Waals surface area contributed by atoms with Crippen LogP contribution in [0.25, 0.3) is 0 Å². The number of rotatable bonds is 6. The van der Waals surface area contributed by atoms with Gasteiger partial charge in [-0.1, -0.05) is 59.6 Å². The highest BCUT2D eigenvalue weighted by molar-refractivity contribution is 7.90. The van der Waals surface area contributed by atoms with Crippen LogP contribution in [0.4, 0.5) is 11.4 Å². The second-order valence-corrected chi connectivity index (χ2v) is 9.38. The SMILES string of the molecule is O=C1C(=NS(=O)(=O)c2ccc(Cl)cc2)C=C(Nc2ccccc2)C(Nc2ccccc2)=C1Cl. The van der Waals surface area contributed by atoms with Crippen LogP contribution in [-0.2, 0) is 14.8 Å². The zero-order valence-electron chi connectivity index (χ0n) is 17.0. The van der Waals surface area contributed by atoms with Crippen molar-refractivity contribution in [1.82, 2.24) is 0 Å². The van der Waals surface area contributed by atoms with Gasteiger partial charge in [-0.3, -0.25) is 4.79 Å². The standard InChI is InChI=1S/C24H17Cl2N3O3S/c25-16-11-13-19(14-12-16)33(31,32)29-21-15-20(27-17-7-3-1-4-8-17)23(22(26)24(21)30)28-18-9-5-2-6-10-18/h1-15,27-28H. The van der Waals surface area contributed by atoms with Crippen LogP contribution in [0.5, 0.6) is 0 Å². The Kier molecular flexibility index (Phi) is 6.65. The van der Waals surface area contributed by atoms with Crippen LogP contribution in [0.3, 0.4) is 0 Å². The molecular formula is C24H17Cl2N3O3S. The lowest BCUT2D eigenvalue weighted by Crippen LogP contribution is -2.26. The van der Waals surface area contributed by atoms with E-state index in [4.69, 9.17) is 23.2 Å². The van der Waals surface area contributed by atoms with Crippen LogP contribution >= 0.6 is 23.2 Å². The molecule has 33 heavy (non-hydrogen) atoms. The van der Waals surface area contributed by atoms with Crippen LogP contribution in [-0.4, -0.2) is 19.9 Å². The summed E-state index contributed by atoms with van der Waals surface area (Å²) in [5.41, 5.74) is 1.80. The van der Waals surface area contributed by atoms with Crippen molar-refractivity contribution < 1.29 is 13.2 Å². The summed E-state index contributed by atoms with van der Waals surface area (Å²) < 4.78 is 29.4. The van der Waals surface area contributed by atoms with Crippen molar-refractivity contribution in [3.05, 3.63) is 112 Å². The first kappa shape index (κ1) is 22.8. The fourth-order valence-corrected chi connectivity index (χ4v) is 4.39. The Bertz CT molecular complexity index is 1380. The van der Waals surface area contributed by atoms with Gasteiger partial charge in [0, 0.05) is 16.4 Å². The molecule has 9 heteroatoms. The number of para-hydroxylation sites is 2. The second-order valence-electron chi connectivity index (χ2n) is 6.96. The van der Waals surface area contributed by atoms with Gasteiger partial charge in [0.05, 0.1) is 16.3 Å². The predicted molar refractivity (Wildman–Crippen MR) is 132 cm³/mol. The van der Waals surface area contributed by atoms with Crippen molar-refractivity contribution >= 4 is 56.1 Å². The molecule has 0 unspecified atom stereocenters. The van der Waals surface area contributed by atoms with E-state index in [9.17, 15) is 13.2 Å². The van der Waals surface area contributed by atoms with Crippen LogP contribution in [0, 0.1) is 0 Å². The number of anilines is 2. The molecule has 0 bridgehead atoms.